The molecule has 8 nitrogen and oxygen atoms in total. The summed E-state index contributed by atoms with van der Waals surface area (Å²) in [5.74, 6) is 0.664. The molecule has 0 saturated heterocycles. The van der Waals surface area contributed by atoms with Crippen LogP contribution in [0.1, 0.15) is 29.4 Å². The number of aryl methyl sites for hydroxylation is 3. The molecule has 3 N–H and O–H groups in total. The van der Waals surface area contributed by atoms with Crippen LogP contribution < -0.4 is 15.8 Å². The predicted molar refractivity (Wildman–Crippen MR) is 115 cm³/mol. The summed E-state index contributed by atoms with van der Waals surface area (Å²) in [5.41, 5.74) is 10.0. The second-order valence-corrected chi connectivity index (χ2v) is 6.76. The number of hydrogen-bond donors (Lipinski definition) is 2. The molecule has 2 aromatic carbocycles. The van der Waals surface area contributed by atoms with E-state index in [4.69, 9.17) is 15.2 Å². The Bertz CT molecular complexity index is 1040. The van der Waals surface area contributed by atoms with Crippen molar-refractivity contribution in [2.75, 3.05) is 17.7 Å². The first-order valence-electron chi connectivity index (χ1n) is 9.65. The number of benzene rings is 2. The number of esters is 1. The maximum atomic E-state index is 12.0. The van der Waals surface area contributed by atoms with Crippen LogP contribution in [-0.2, 0) is 22.6 Å². The summed E-state index contributed by atoms with van der Waals surface area (Å²) in [6.45, 7) is 5.71. The van der Waals surface area contributed by atoms with E-state index in [1.165, 1.54) is 0 Å². The van der Waals surface area contributed by atoms with Crippen LogP contribution in [0.4, 0.5) is 17.6 Å². The zero-order chi connectivity index (χ0) is 21.5. The summed E-state index contributed by atoms with van der Waals surface area (Å²) >= 11 is 0. The van der Waals surface area contributed by atoms with Gasteiger partial charge in [-0.3, -0.25) is 0 Å². The van der Waals surface area contributed by atoms with Gasteiger partial charge in [0.2, 0.25) is 11.9 Å². The molecular formula is C22H25N5O3. The lowest BCUT2D eigenvalue weighted by atomic mass is 10.1. The molecule has 0 aliphatic carbocycles. The number of nitrogen functional groups attached to an aromatic ring is 1. The van der Waals surface area contributed by atoms with E-state index in [1.54, 1.807) is 0 Å². The molecule has 0 bridgehead atoms. The Hall–Kier alpha value is -3.68. The van der Waals surface area contributed by atoms with E-state index in [9.17, 15) is 4.79 Å². The van der Waals surface area contributed by atoms with E-state index < -0.39 is 5.97 Å². The zero-order valence-corrected chi connectivity index (χ0v) is 17.3. The van der Waals surface area contributed by atoms with E-state index >= 15 is 0 Å². The van der Waals surface area contributed by atoms with Crippen LogP contribution in [0, 0.1) is 13.8 Å². The summed E-state index contributed by atoms with van der Waals surface area (Å²) in [6, 6.07) is 13.5. The van der Waals surface area contributed by atoms with Gasteiger partial charge in [0.25, 0.3) is 0 Å². The molecule has 8 heteroatoms. The first-order chi connectivity index (χ1) is 14.4. The van der Waals surface area contributed by atoms with Crippen molar-refractivity contribution in [3.05, 3.63) is 65.0 Å². The van der Waals surface area contributed by atoms with Crippen molar-refractivity contribution in [3.8, 4) is 5.75 Å². The minimum atomic E-state index is -0.530. The smallest absolute Gasteiger partial charge is 0.344 e. The Labute approximate surface area is 175 Å². The highest BCUT2D eigenvalue weighted by Gasteiger charge is 2.10. The molecule has 3 rings (SSSR count). The van der Waals surface area contributed by atoms with Gasteiger partial charge in [0, 0.05) is 5.69 Å². The van der Waals surface area contributed by atoms with Crippen LogP contribution in [0.3, 0.4) is 0 Å². The lowest BCUT2D eigenvalue weighted by Crippen LogP contribution is -2.16. The van der Waals surface area contributed by atoms with Gasteiger partial charge in [-0.1, -0.05) is 31.2 Å². The number of carbonyl (C=O) groups is 1. The monoisotopic (exact) mass is 407 g/mol. The Balaban J connectivity index is 1.58. The molecule has 0 amide bonds. The first-order valence-corrected chi connectivity index (χ1v) is 9.65. The fourth-order valence-corrected chi connectivity index (χ4v) is 2.76. The molecule has 3 aromatic rings. The maximum absolute atomic E-state index is 12.0. The summed E-state index contributed by atoms with van der Waals surface area (Å²) in [5, 5.41) is 3.14. The molecule has 156 valence electrons. The number of nitrogens with one attached hydrogen (secondary N) is 1. The molecule has 0 aliphatic rings. The third-order valence-corrected chi connectivity index (χ3v) is 4.54. The highest BCUT2D eigenvalue weighted by atomic mass is 16.6. The number of nitrogens with two attached hydrogens (primary N) is 1. The summed E-state index contributed by atoms with van der Waals surface area (Å²) in [4.78, 5) is 24.4. The van der Waals surface area contributed by atoms with Crippen LogP contribution in [0.5, 0.6) is 5.75 Å². The molecule has 30 heavy (non-hydrogen) atoms. The largest absolute Gasteiger partial charge is 0.482 e. The number of aromatic nitrogens is 3. The number of anilines is 3. The van der Waals surface area contributed by atoms with Gasteiger partial charge in [-0.05, 0) is 55.2 Å². The van der Waals surface area contributed by atoms with E-state index in [2.05, 4.69) is 27.2 Å². The predicted octanol–water partition coefficient (Wildman–Crippen LogP) is 3.50. The standard InChI is InChI=1S/C22H25N5O3/c1-4-16-7-5-6-8-18(16)24-22-26-19(25-21(23)27-22)12-30-20(28)13-29-17-10-9-14(2)15(3)11-17/h5-11H,4,12-13H2,1-3H3,(H3,23,24,25,26,27). The fourth-order valence-electron chi connectivity index (χ4n) is 2.76. The molecule has 1 heterocycles. The Morgan fingerprint density at radius 2 is 1.87 bits per heavy atom. The Morgan fingerprint density at radius 1 is 1.07 bits per heavy atom. The highest BCUT2D eigenvalue weighted by molar-refractivity contribution is 5.71. The zero-order valence-electron chi connectivity index (χ0n) is 17.3. The van der Waals surface area contributed by atoms with Crippen molar-refractivity contribution < 1.29 is 14.3 Å². The van der Waals surface area contributed by atoms with Crippen molar-refractivity contribution >= 4 is 23.6 Å². The van der Waals surface area contributed by atoms with Crippen LogP contribution in [0.15, 0.2) is 42.5 Å². The molecule has 0 fully saturated rings. The Morgan fingerprint density at radius 3 is 2.63 bits per heavy atom. The van der Waals surface area contributed by atoms with Gasteiger partial charge < -0.3 is 20.5 Å². The third-order valence-electron chi connectivity index (χ3n) is 4.54. The SMILES string of the molecule is CCc1ccccc1Nc1nc(N)nc(COC(=O)COc2ccc(C)c(C)c2)n1. The van der Waals surface area contributed by atoms with Gasteiger partial charge in [0.1, 0.15) is 5.75 Å². The average Bonchev–Trinajstić information content (AvgIpc) is 2.73. The van der Waals surface area contributed by atoms with Crippen molar-refractivity contribution in [3.63, 3.8) is 0 Å². The highest BCUT2D eigenvalue weighted by Crippen LogP contribution is 2.19. The maximum Gasteiger partial charge on any atom is 0.344 e. The number of para-hydroxylation sites is 1. The summed E-state index contributed by atoms with van der Waals surface area (Å²) in [6.07, 6.45) is 0.856. The summed E-state index contributed by atoms with van der Waals surface area (Å²) < 4.78 is 10.7. The van der Waals surface area contributed by atoms with Gasteiger partial charge in [-0.15, -0.1) is 0 Å². The van der Waals surface area contributed by atoms with E-state index in [1.807, 2.05) is 56.3 Å². The molecule has 0 unspecified atom stereocenters. The molecule has 0 spiro atoms. The van der Waals surface area contributed by atoms with Crippen molar-refractivity contribution in [2.24, 2.45) is 0 Å². The lowest BCUT2D eigenvalue weighted by molar-refractivity contribution is -0.147. The second kappa shape index (κ2) is 9.69. The number of carbonyl (C=O) groups excluding carboxylic acids is 1. The number of nitrogens with zero attached hydrogens (tertiary/aromatic N) is 3. The van der Waals surface area contributed by atoms with Crippen LogP contribution in [-0.4, -0.2) is 27.5 Å². The number of ether oxygens (including phenoxy) is 2. The van der Waals surface area contributed by atoms with Gasteiger partial charge >= 0.3 is 5.97 Å². The number of rotatable bonds is 8. The van der Waals surface area contributed by atoms with E-state index in [0.717, 1.165) is 28.8 Å². The van der Waals surface area contributed by atoms with Crippen molar-refractivity contribution in [1.29, 1.82) is 0 Å². The average molecular weight is 407 g/mol. The van der Waals surface area contributed by atoms with Crippen LogP contribution in [0.2, 0.25) is 0 Å². The summed E-state index contributed by atoms with van der Waals surface area (Å²) in [7, 11) is 0. The van der Waals surface area contributed by atoms with Crippen LogP contribution >= 0.6 is 0 Å². The van der Waals surface area contributed by atoms with Crippen molar-refractivity contribution in [2.45, 2.75) is 33.8 Å². The first kappa shape index (κ1) is 21.0. The fraction of sp³-hybridized carbons (Fsp3) is 0.273. The second-order valence-electron chi connectivity index (χ2n) is 6.76. The van der Waals surface area contributed by atoms with Gasteiger partial charge in [-0.2, -0.15) is 15.0 Å². The molecule has 0 atom stereocenters. The number of hydrogen-bond acceptors (Lipinski definition) is 8. The molecule has 0 aliphatic heterocycles. The normalized spacial score (nSPS) is 10.5. The topological polar surface area (TPSA) is 112 Å². The van der Waals surface area contributed by atoms with Crippen LogP contribution in [0.25, 0.3) is 0 Å². The van der Waals surface area contributed by atoms with Gasteiger partial charge in [-0.25, -0.2) is 4.79 Å². The van der Waals surface area contributed by atoms with E-state index in [-0.39, 0.29) is 25.0 Å². The lowest BCUT2D eigenvalue weighted by Gasteiger charge is -2.11. The minimum Gasteiger partial charge on any atom is -0.482 e. The third kappa shape index (κ3) is 5.66. The minimum absolute atomic E-state index is 0.0407. The Kier molecular flexibility index (Phi) is 6.79. The quantitative estimate of drug-likeness (QED) is 0.546. The van der Waals surface area contributed by atoms with Gasteiger partial charge in [0.05, 0.1) is 0 Å². The molecule has 0 radical (unpaired) electrons. The van der Waals surface area contributed by atoms with E-state index in [0.29, 0.717) is 11.7 Å². The molecule has 0 saturated carbocycles. The van der Waals surface area contributed by atoms with Gasteiger partial charge in [0.15, 0.2) is 19.0 Å². The van der Waals surface area contributed by atoms with Crippen molar-refractivity contribution in [1.82, 2.24) is 15.0 Å². The molecule has 1 aromatic heterocycles. The molecular weight excluding hydrogens is 382 g/mol.